The highest BCUT2D eigenvalue weighted by molar-refractivity contribution is 5.58. The smallest absolute Gasteiger partial charge is 0.394 e. The second kappa shape index (κ2) is 4.70. The lowest BCUT2D eigenvalue weighted by atomic mass is 10.1. The van der Waals surface area contributed by atoms with Crippen molar-refractivity contribution in [2.75, 3.05) is 5.73 Å². The molecule has 17 heavy (non-hydrogen) atoms. The summed E-state index contributed by atoms with van der Waals surface area (Å²) in [5.74, 6) is -1.11. The molecule has 0 spiro atoms. The van der Waals surface area contributed by atoms with Gasteiger partial charge < -0.3 is 16.2 Å². The van der Waals surface area contributed by atoms with Crippen LogP contribution in [-0.4, -0.2) is 11.3 Å². The zero-order valence-electron chi connectivity index (χ0n) is 8.26. The number of halogens is 5. The van der Waals surface area contributed by atoms with E-state index in [0.29, 0.717) is 0 Å². The van der Waals surface area contributed by atoms with Crippen LogP contribution in [0, 0.1) is 0 Å². The SMILES string of the molecule is NCc1cnc(OC(F)(F)F)c(N)c1C(F)F. The van der Waals surface area contributed by atoms with Crippen molar-refractivity contribution in [3.05, 3.63) is 17.3 Å². The predicted octanol–water partition coefficient (Wildman–Crippen LogP) is 1.96. The van der Waals surface area contributed by atoms with E-state index in [2.05, 4.69) is 9.72 Å². The van der Waals surface area contributed by atoms with Crippen LogP contribution in [0.15, 0.2) is 6.20 Å². The Morgan fingerprint density at radius 1 is 1.35 bits per heavy atom. The standard InChI is InChI=1S/C8H8F5N3O/c9-6(10)4-3(1-14)2-16-7(5(4)15)17-8(11,12)13/h2,6H,1,14-15H2. The first-order valence-corrected chi connectivity index (χ1v) is 4.27. The number of hydrogen-bond donors (Lipinski definition) is 2. The summed E-state index contributed by atoms with van der Waals surface area (Å²) in [6.07, 6.45) is -7.34. The van der Waals surface area contributed by atoms with Gasteiger partial charge in [-0.2, -0.15) is 0 Å². The van der Waals surface area contributed by atoms with E-state index < -0.39 is 29.9 Å². The molecule has 0 fully saturated rings. The molecule has 0 bridgehead atoms. The van der Waals surface area contributed by atoms with Crippen LogP contribution in [-0.2, 0) is 6.54 Å². The molecule has 0 amide bonds. The van der Waals surface area contributed by atoms with Crippen molar-refractivity contribution in [1.82, 2.24) is 4.98 Å². The molecule has 0 aliphatic heterocycles. The molecular formula is C8H8F5N3O. The van der Waals surface area contributed by atoms with Crippen molar-refractivity contribution in [2.45, 2.75) is 19.3 Å². The van der Waals surface area contributed by atoms with E-state index in [4.69, 9.17) is 11.5 Å². The number of nitrogens with zero attached hydrogens (tertiary/aromatic N) is 1. The van der Waals surface area contributed by atoms with Crippen molar-refractivity contribution in [2.24, 2.45) is 5.73 Å². The number of hydrogen-bond acceptors (Lipinski definition) is 4. The van der Waals surface area contributed by atoms with E-state index in [-0.39, 0.29) is 12.1 Å². The summed E-state index contributed by atoms with van der Waals surface area (Å²) in [6.45, 7) is -0.316. The number of rotatable bonds is 3. The van der Waals surface area contributed by atoms with Crippen LogP contribution in [0.5, 0.6) is 5.88 Å². The first-order chi connectivity index (χ1) is 7.76. The highest BCUT2D eigenvalue weighted by Crippen LogP contribution is 2.35. The Balaban J connectivity index is 3.23. The molecule has 1 aromatic rings. The lowest BCUT2D eigenvalue weighted by Crippen LogP contribution is -2.20. The van der Waals surface area contributed by atoms with Crippen molar-refractivity contribution in [1.29, 1.82) is 0 Å². The molecule has 0 aliphatic rings. The fourth-order valence-corrected chi connectivity index (χ4v) is 1.18. The summed E-state index contributed by atoms with van der Waals surface area (Å²) in [4.78, 5) is 3.20. The average Bonchev–Trinajstić information content (AvgIpc) is 2.18. The fourth-order valence-electron chi connectivity index (χ4n) is 1.18. The number of nitrogen functional groups attached to an aromatic ring is 1. The summed E-state index contributed by atoms with van der Waals surface area (Å²) in [5, 5.41) is 0. The van der Waals surface area contributed by atoms with Crippen LogP contribution >= 0.6 is 0 Å². The predicted molar refractivity (Wildman–Crippen MR) is 48.2 cm³/mol. The summed E-state index contributed by atoms with van der Waals surface area (Å²) in [5.41, 5.74) is 8.50. The van der Waals surface area contributed by atoms with Crippen LogP contribution < -0.4 is 16.2 Å². The highest BCUT2D eigenvalue weighted by atomic mass is 19.4. The van der Waals surface area contributed by atoms with Gasteiger partial charge in [-0.05, 0) is 5.56 Å². The number of aromatic nitrogens is 1. The van der Waals surface area contributed by atoms with E-state index in [1.807, 2.05) is 0 Å². The van der Waals surface area contributed by atoms with Gasteiger partial charge in [0.1, 0.15) is 5.69 Å². The summed E-state index contributed by atoms with van der Waals surface area (Å²) in [7, 11) is 0. The molecule has 0 aliphatic carbocycles. The number of anilines is 1. The Kier molecular flexibility index (Phi) is 3.71. The second-order valence-electron chi connectivity index (χ2n) is 2.97. The van der Waals surface area contributed by atoms with Gasteiger partial charge in [-0.15, -0.1) is 13.2 Å². The Bertz CT molecular complexity index is 407. The molecule has 0 unspecified atom stereocenters. The first kappa shape index (κ1) is 13.4. The van der Waals surface area contributed by atoms with Gasteiger partial charge in [-0.3, -0.25) is 0 Å². The van der Waals surface area contributed by atoms with E-state index in [1.54, 1.807) is 0 Å². The van der Waals surface area contributed by atoms with E-state index in [0.717, 1.165) is 6.20 Å². The monoisotopic (exact) mass is 257 g/mol. The average molecular weight is 257 g/mol. The normalized spacial score (nSPS) is 11.9. The quantitative estimate of drug-likeness (QED) is 0.812. The van der Waals surface area contributed by atoms with Crippen LogP contribution in [0.2, 0.25) is 0 Å². The number of pyridine rings is 1. The molecule has 4 nitrogen and oxygen atoms in total. The van der Waals surface area contributed by atoms with Crippen molar-refractivity contribution in [3.63, 3.8) is 0 Å². The maximum atomic E-state index is 12.6. The first-order valence-electron chi connectivity index (χ1n) is 4.27. The Hall–Kier alpha value is -1.64. The minimum atomic E-state index is -5.05. The van der Waals surface area contributed by atoms with Gasteiger partial charge in [0.25, 0.3) is 6.43 Å². The third-order valence-electron chi connectivity index (χ3n) is 1.85. The molecule has 0 atom stereocenters. The molecule has 0 radical (unpaired) electrons. The second-order valence-corrected chi connectivity index (χ2v) is 2.97. The Morgan fingerprint density at radius 3 is 2.35 bits per heavy atom. The lowest BCUT2D eigenvalue weighted by molar-refractivity contribution is -0.275. The summed E-state index contributed by atoms with van der Waals surface area (Å²) >= 11 is 0. The molecule has 1 heterocycles. The van der Waals surface area contributed by atoms with Crippen LogP contribution in [0.25, 0.3) is 0 Å². The van der Waals surface area contributed by atoms with Crippen LogP contribution in [0.3, 0.4) is 0 Å². The molecular weight excluding hydrogens is 249 g/mol. The van der Waals surface area contributed by atoms with Gasteiger partial charge in [0.15, 0.2) is 0 Å². The van der Waals surface area contributed by atoms with E-state index in [1.165, 1.54) is 0 Å². The maximum absolute atomic E-state index is 12.6. The van der Waals surface area contributed by atoms with Gasteiger partial charge in [-0.1, -0.05) is 0 Å². The Morgan fingerprint density at radius 2 is 1.94 bits per heavy atom. The number of ether oxygens (including phenoxy) is 1. The molecule has 0 saturated carbocycles. The topological polar surface area (TPSA) is 74.2 Å². The molecule has 0 saturated heterocycles. The van der Waals surface area contributed by atoms with Crippen molar-refractivity contribution >= 4 is 5.69 Å². The van der Waals surface area contributed by atoms with Crippen molar-refractivity contribution in [3.8, 4) is 5.88 Å². The molecule has 0 aromatic carbocycles. The minimum Gasteiger partial charge on any atom is -0.394 e. The number of alkyl halides is 5. The largest absolute Gasteiger partial charge is 0.574 e. The van der Waals surface area contributed by atoms with Gasteiger partial charge >= 0.3 is 6.36 Å². The van der Waals surface area contributed by atoms with E-state index in [9.17, 15) is 22.0 Å². The third kappa shape index (κ3) is 3.16. The highest BCUT2D eigenvalue weighted by Gasteiger charge is 2.34. The lowest BCUT2D eigenvalue weighted by Gasteiger charge is -2.14. The zero-order valence-corrected chi connectivity index (χ0v) is 8.26. The Labute approximate surface area is 92.4 Å². The van der Waals surface area contributed by atoms with Crippen LogP contribution in [0.1, 0.15) is 17.6 Å². The molecule has 1 rings (SSSR count). The summed E-state index contributed by atoms with van der Waals surface area (Å²) < 4.78 is 64.3. The zero-order chi connectivity index (χ0) is 13.2. The van der Waals surface area contributed by atoms with Crippen molar-refractivity contribution < 1.29 is 26.7 Å². The van der Waals surface area contributed by atoms with Gasteiger partial charge in [0, 0.05) is 12.7 Å². The molecule has 96 valence electrons. The third-order valence-corrected chi connectivity index (χ3v) is 1.85. The molecule has 1 aromatic heterocycles. The molecule has 4 N–H and O–H groups in total. The van der Waals surface area contributed by atoms with Gasteiger partial charge in [0.05, 0.1) is 5.56 Å². The van der Waals surface area contributed by atoms with Crippen LogP contribution in [0.4, 0.5) is 27.6 Å². The fraction of sp³-hybridized carbons (Fsp3) is 0.375. The summed E-state index contributed by atoms with van der Waals surface area (Å²) in [6, 6.07) is 0. The number of nitrogens with two attached hydrogens (primary N) is 2. The van der Waals surface area contributed by atoms with Gasteiger partial charge in [-0.25, -0.2) is 13.8 Å². The minimum absolute atomic E-state index is 0.132. The van der Waals surface area contributed by atoms with E-state index >= 15 is 0 Å². The maximum Gasteiger partial charge on any atom is 0.574 e. The van der Waals surface area contributed by atoms with Gasteiger partial charge in [0.2, 0.25) is 5.88 Å². The molecule has 9 heteroatoms.